The molecule has 2 rings (SSSR count). The Morgan fingerprint density at radius 1 is 1.00 bits per heavy atom. The molecule has 0 fully saturated rings. The van der Waals surface area contributed by atoms with Crippen LogP contribution in [0.3, 0.4) is 0 Å². The smallest absolute Gasteiger partial charge is 0.264 e. The Bertz CT molecular complexity index is 920. The molecule has 0 aliphatic heterocycles. The summed E-state index contributed by atoms with van der Waals surface area (Å²) in [4.78, 5) is 12.8. The standard InChI is InChI=1S/C21H27ClN2O3S/c1-14(2)20(15(3)4)23-21(25)18-12-11-16(13-19(18)22)24(5)28(26,27)17-9-7-6-8-10-17/h6-15,20H,1-5H3,(H,23,25). The molecule has 0 bridgehead atoms. The van der Waals surface area contributed by atoms with Crippen molar-refractivity contribution in [1.82, 2.24) is 5.32 Å². The van der Waals surface area contributed by atoms with Crippen LogP contribution in [0.4, 0.5) is 5.69 Å². The lowest BCUT2D eigenvalue weighted by atomic mass is 9.93. The van der Waals surface area contributed by atoms with Gasteiger partial charge in [-0.15, -0.1) is 0 Å². The van der Waals surface area contributed by atoms with Crippen molar-refractivity contribution in [3.05, 3.63) is 59.1 Å². The first-order chi connectivity index (χ1) is 13.1. The molecule has 28 heavy (non-hydrogen) atoms. The molecule has 1 N–H and O–H groups in total. The number of amides is 1. The monoisotopic (exact) mass is 422 g/mol. The van der Waals surface area contributed by atoms with Gasteiger partial charge in [0, 0.05) is 13.1 Å². The van der Waals surface area contributed by atoms with Gasteiger partial charge in [-0.3, -0.25) is 9.10 Å². The molecule has 2 aromatic rings. The molecule has 0 saturated heterocycles. The molecular weight excluding hydrogens is 396 g/mol. The summed E-state index contributed by atoms with van der Waals surface area (Å²) in [6, 6.07) is 12.8. The van der Waals surface area contributed by atoms with Gasteiger partial charge in [0.2, 0.25) is 0 Å². The number of sulfonamides is 1. The number of carbonyl (C=O) groups is 1. The molecule has 0 atom stereocenters. The Morgan fingerprint density at radius 2 is 1.57 bits per heavy atom. The Labute approximate surface area is 172 Å². The number of hydrogen-bond acceptors (Lipinski definition) is 3. The van der Waals surface area contributed by atoms with E-state index < -0.39 is 10.0 Å². The van der Waals surface area contributed by atoms with Gasteiger partial charge in [-0.2, -0.15) is 0 Å². The molecule has 0 heterocycles. The Morgan fingerprint density at radius 3 is 2.07 bits per heavy atom. The number of hydrogen-bond donors (Lipinski definition) is 1. The first-order valence-corrected chi connectivity index (χ1v) is 11.0. The van der Waals surface area contributed by atoms with Crippen LogP contribution < -0.4 is 9.62 Å². The molecule has 0 radical (unpaired) electrons. The van der Waals surface area contributed by atoms with Crippen molar-refractivity contribution in [2.24, 2.45) is 11.8 Å². The topological polar surface area (TPSA) is 66.5 Å². The molecule has 5 nitrogen and oxygen atoms in total. The van der Waals surface area contributed by atoms with E-state index in [1.165, 1.54) is 25.2 Å². The molecule has 152 valence electrons. The highest BCUT2D eigenvalue weighted by Crippen LogP contribution is 2.27. The van der Waals surface area contributed by atoms with E-state index in [-0.39, 0.29) is 33.7 Å². The van der Waals surface area contributed by atoms with Crippen LogP contribution in [0, 0.1) is 11.8 Å². The van der Waals surface area contributed by atoms with Gasteiger partial charge >= 0.3 is 0 Å². The quantitative estimate of drug-likeness (QED) is 0.710. The van der Waals surface area contributed by atoms with Gasteiger partial charge < -0.3 is 5.32 Å². The van der Waals surface area contributed by atoms with Crippen molar-refractivity contribution in [3.63, 3.8) is 0 Å². The number of halogens is 1. The molecule has 1 amide bonds. The highest BCUT2D eigenvalue weighted by atomic mass is 35.5. The van der Waals surface area contributed by atoms with Crippen LogP contribution in [0.1, 0.15) is 38.1 Å². The second-order valence-electron chi connectivity index (χ2n) is 7.44. The summed E-state index contributed by atoms with van der Waals surface area (Å²) >= 11 is 6.32. The highest BCUT2D eigenvalue weighted by molar-refractivity contribution is 7.92. The fraction of sp³-hybridized carbons (Fsp3) is 0.381. The second kappa shape index (κ2) is 8.97. The van der Waals surface area contributed by atoms with Gasteiger partial charge in [0.1, 0.15) is 0 Å². The van der Waals surface area contributed by atoms with E-state index in [1.807, 2.05) is 0 Å². The number of rotatable bonds is 7. The summed E-state index contributed by atoms with van der Waals surface area (Å²) in [5.41, 5.74) is 0.705. The van der Waals surface area contributed by atoms with Gasteiger partial charge in [-0.1, -0.05) is 57.5 Å². The maximum Gasteiger partial charge on any atom is 0.264 e. The average Bonchev–Trinajstić information content (AvgIpc) is 2.65. The van der Waals surface area contributed by atoms with E-state index in [2.05, 4.69) is 33.0 Å². The molecule has 0 saturated carbocycles. The van der Waals surface area contributed by atoms with Gasteiger partial charge in [-0.05, 0) is 42.2 Å². The summed E-state index contributed by atoms with van der Waals surface area (Å²) in [6.45, 7) is 8.22. The largest absolute Gasteiger partial charge is 0.349 e. The van der Waals surface area contributed by atoms with Crippen molar-refractivity contribution in [2.75, 3.05) is 11.4 Å². The minimum Gasteiger partial charge on any atom is -0.349 e. The summed E-state index contributed by atoms with van der Waals surface area (Å²) in [7, 11) is -2.25. The highest BCUT2D eigenvalue weighted by Gasteiger charge is 2.24. The third-order valence-corrected chi connectivity index (χ3v) is 6.81. The van der Waals surface area contributed by atoms with Crippen molar-refractivity contribution < 1.29 is 13.2 Å². The molecule has 2 aromatic carbocycles. The maximum absolute atomic E-state index is 12.8. The van der Waals surface area contributed by atoms with Gasteiger partial charge in [0.05, 0.1) is 21.2 Å². The normalized spacial score (nSPS) is 11.9. The SMILES string of the molecule is CC(C)C(NC(=O)c1ccc(N(C)S(=O)(=O)c2ccccc2)cc1Cl)C(C)C. The zero-order valence-corrected chi connectivity index (χ0v) is 18.4. The summed E-state index contributed by atoms with van der Waals surface area (Å²) in [5, 5.41) is 3.23. The zero-order valence-electron chi connectivity index (χ0n) is 16.8. The fourth-order valence-corrected chi connectivity index (χ4v) is 4.57. The first kappa shape index (κ1) is 22.2. The second-order valence-corrected chi connectivity index (χ2v) is 9.81. The Kier molecular flexibility index (Phi) is 7.12. The van der Waals surface area contributed by atoms with Gasteiger partial charge in [-0.25, -0.2) is 8.42 Å². The van der Waals surface area contributed by atoms with Gasteiger partial charge in [0.15, 0.2) is 0 Å². The van der Waals surface area contributed by atoms with Crippen molar-refractivity contribution >= 4 is 33.2 Å². The van der Waals surface area contributed by atoms with Crippen LogP contribution in [0.25, 0.3) is 0 Å². The molecule has 7 heteroatoms. The molecule has 0 aliphatic carbocycles. The Balaban J connectivity index is 2.28. The molecule has 0 aromatic heterocycles. The minimum atomic E-state index is -3.71. The third-order valence-electron chi connectivity index (χ3n) is 4.70. The predicted octanol–water partition coefficient (Wildman–Crippen LogP) is 4.58. The summed E-state index contributed by atoms with van der Waals surface area (Å²) in [5.74, 6) is 0.297. The van der Waals surface area contributed by atoms with Crippen molar-refractivity contribution in [1.29, 1.82) is 0 Å². The van der Waals surface area contributed by atoms with Crippen LogP contribution >= 0.6 is 11.6 Å². The molecular formula is C21H27ClN2O3S. The van der Waals surface area contributed by atoms with E-state index in [1.54, 1.807) is 30.3 Å². The predicted molar refractivity (Wildman–Crippen MR) is 114 cm³/mol. The average molecular weight is 423 g/mol. The molecule has 0 aliphatic rings. The molecule has 0 spiro atoms. The van der Waals surface area contributed by atoms with Crippen LogP contribution in [0.2, 0.25) is 5.02 Å². The minimum absolute atomic E-state index is 0.0179. The van der Waals surface area contributed by atoms with E-state index >= 15 is 0 Å². The lowest BCUT2D eigenvalue weighted by Crippen LogP contribution is -2.42. The van der Waals surface area contributed by atoms with E-state index in [0.717, 1.165) is 4.31 Å². The van der Waals surface area contributed by atoms with E-state index in [0.29, 0.717) is 11.3 Å². The molecule has 0 unspecified atom stereocenters. The van der Waals surface area contributed by atoms with E-state index in [4.69, 9.17) is 11.6 Å². The number of nitrogens with one attached hydrogen (secondary N) is 1. The Hall–Kier alpha value is -2.05. The lowest BCUT2D eigenvalue weighted by Gasteiger charge is -2.26. The van der Waals surface area contributed by atoms with E-state index in [9.17, 15) is 13.2 Å². The number of nitrogens with zero attached hydrogens (tertiary/aromatic N) is 1. The van der Waals surface area contributed by atoms with Gasteiger partial charge in [0.25, 0.3) is 15.9 Å². The van der Waals surface area contributed by atoms with Crippen molar-refractivity contribution in [3.8, 4) is 0 Å². The van der Waals surface area contributed by atoms with Crippen LogP contribution in [0.15, 0.2) is 53.4 Å². The zero-order chi connectivity index (χ0) is 21.1. The number of benzene rings is 2. The first-order valence-electron chi connectivity index (χ1n) is 9.20. The van der Waals surface area contributed by atoms with Crippen LogP contribution in [-0.2, 0) is 10.0 Å². The lowest BCUT2D eigenvalue weighted by molar-refractivity contribution is 0.0910. The van der Waals surface area contributed by atoms with Crippen LogP contribution in [0.5, 0.6) is 0 Å². The fourth-order valence-electron chi connectivity index (χ4n) is 3.11. The van der Waals surface area contributed by atoms with Crippen LogP contribution in [-0.4, -0.2) is 27.4 Å². The third kappa shape index (κ3) is 4.86. The summed E-state index contributed by atoms with van der Waals surface area (Å²) in [6.07, 6.45) is 0. The number of carbonyl (C=O) groups excluding carboxylic acids is 1. The number of anilines is 1. The van der Waals surface area contributed by atoms with Crippen molar-refractivity contribution in [2.45, 2.75) is 38.6 Å². The maximum atomic E-state index is 12.8. The summed E-state index contributed by atoms with van der Waals surface area (Å²) < 4.78 is 26.7.